The van der Waals surface area contributed by atoms with Crippen LogP contribution in [0.3, 0.4) is 0 Å². The highest BCUT2D eigenvalue weighted by molar-refractivity contribution is 6.33. The summed E-state index contributed by atoms with van der Waals surface area (Å²) < 4.78 is 2.50. The predicted molar refractivity (Wildman–Crippen MR) is 245 cm³/mol. The van der Waals surface area contributed by atoms with Crippen LogP contribution in [0.5, 0.6) is 0 Å². The first kappa shape index (κ1) is 33.5. The van der Waals surface area contributed by atoms with Crippen molar-refractivity contribution in [1.29, 1.82) is 5.26 Å². The number of rotatable bonds is 2. The number of benzene rings is 7. The SMILES string of the molecule is N#Cc1cc2c(c3c1-c1ccccc1C3(c1ccccc1)c1ccccc1)c1c3cc4c(cc3cc3c5cc6c(cc5n2c31)C(=O)C1CCC6CC1)C1CC2CC(C1)CC4C2. The van der Waals surface area contributed by atoms with Gasteiger partial charge >= 0.3 is 0 Å². The van der Waals surface area contributed by atoms with Crippen molar-refractivity contribution in [3.63, 3.8) is 0 Å². The van der Waals surface area contributed by atoms with Crippen LogP contribution in [0.15, 0.2) is 121 Å². The second-order valence-electron chi connectivity index (χ2n) is 20.1. The molecule has 3 nitrogen and oxygen atoms in total. The van der Waals surface area contributed by atoms with Crippen molar-refractivity contribution in [3.8, 4) is 17.2 Å². The largest absolute Gasteiger partial charge is 0.308 e. The van der Waals surface area contributed by atoms with Gasteiger partial charge in [-0.3, -0.25) is 4.79 Å². The molecule has 292 valence electrons. The van der Waals surface area contributed by atoms with Crippen LogP contribution < -0.4 is 0 Å². The third kappa shape index (κ3) is 4.04. The van der Waals surface area contributed by atoms with Gasteiger partial charge in [-0.15, -0.1) is 0 Å². The minimum absolute atomic E-state index is 0.119. The number of Topliss-reactive ketones (excluding diaryl/α,β-unsaturated/α-hetero) is 1. The van der Waals surface area contributed by atoms with Crippen LogP contribution in [0.2, 0.25) is 0 Å². The Bertz CT molecular complexity index is 3410. The van der Waals surface area contributed by atoms with Crippen molar-refractivity contribution >= 4 is 54.7 Å². The Morgan fingerprint density at radius 2 is 1.20 bits per heavy atom. The Labute approximate surface area is 355 Å². The van der Waals surface area contributed by atoms with E-state index in [0.717, 1.165) is 65.2 Å². The van der Waals surface area contributed by atoms with Gasteiger partial charge in [-0.1, -0.05) is 91.0 Å². The van der Waals surface area contributed by atoms with Gasteiger partial charge in [-0.2, -0.15) is 5.26 Å². The van der Waals surface area contributed by atoms with Crippen molar-refractivity contribution in [3.05, 3.63) is 171 Å². The summed E-state index contributed by atoms with van der Waals surface area (Å²) in [5, 5.41) is 19.1. The lowest BCUT2D eigenvalue weighted by Crippen LogP contribution is -2.28. The monoisotopic (exact) mass is 784 g/mol. The highest BCUT2D eigenvalue weighted by Crippen LogP contribution is 2.62. The fourth-order valence-corrected chi connectivity index (χ4v) is 15.2. The molecule has 17 rings (SSSR count). The first-order valence-electron chi connectivity index (χ1n) is 23.1. The summed E-state index contributed by atoms with van der Waals surface area (Å²) in [7, 11) is 0. The lowest BCUT2D eigenvalue weighted by molar-refractivity contribution is 0.0898. The first-order valence-corrected chi connectivity index (χ1v) is 23.1. The summed E-state index contributed by atoms with van der Waals surface area (Å²) >= 11 is 0. The van der Waals surface area contributed by atoms with Crippen molar-refractivity contribution in [2.75, 3.05) is 0 Å². The van der Waals surface area contributed by atoms with Crippen LogP contribution >= 0.6 is 0 Å². The zero-order chi connectivity index (χ0) is 39.9. The number of fused-ring (bicyclic) bond motifs is 14. The summed E-state index contributed by atoms with van der Waals surface area (Å²) in [6.07, 6.45) is 10.9. The van der Waals surface area contributed by atoms with Crippen molar-refractivity contribution in [1.82, 2.24) is 4.40 Å². The van der Waals surface area contributed by atoms with Gasteiger partial charge < -0.3 is 4.40 Å². The zero-order valence-electron chi connectivity index (χ0n) is 34.2. The number of nitriles is 1. The van der Waals surface area contributed by atoms with E-state index in [0.29, 0.717) is 29.1 Å². The Kier molecular flexibility index (Phi) is 6.35. The molecule has 2 aromatic heterocycles. The van der Waals surface area contributed by atoms with E-state index in [1.54, 1.807) is 11.1 Å². The Balaban J connectivity index is 1.19. The minimum atomic E-state index is -0.685. The van der Waals surface area contributed by atoms with Crippen LogP contribution in [-0.2, 0) is 5.41 Å². The smallest absolute Gasteiger partial charge is 0.166 e. The van der Waals surface area contributed by atoms with E-state index in [4.69, 9.17) is 0 Å². The average Bonchev–Trinajstić information content (AvgIpc) is 3.82. The lowest BCUT2D eigenvalue weighted by atomic mass is 9.66. The summed E-state index contributed by atoms with van der Waals surface area (Å²) in [6, 6.07) is 48.6. The standard InChI is InChI=1S/C58H44N2O/c59-30-38-26-51-54(55-52(38)41-13-7-8-14-49(41)58(55,39-9-3-1-4-10-39)40-11-5-2-6-12-40)53-45-27-44-36-22-31-19-32(23-36)21-35(20-31)42(44)24-37(45)25-47-46-28-43-33-15-17-34(18-16-33)57(61)48(43)29-50(46)60(51)56(47)53/h1-14,24-29,31-36H,15-23H2. The number of hydrogen-bond acceptors (Lipinski definition) is 2. The molecule has 2 unspecified atom stereocenters. The molecule has 7 aromatic carbocycles. The molecule has 2 heterocycles. The number of aromatic nitrogens is 1. The van der Waals surface area contributed by atoms with E-state index < -0.39 is 5.41 Å². The molecule has 0 radical (unpaired) electrons. The van der Waals surface area contributed by atoms with E-state index in [1.807, 2.05) is 0 Å². The summed E-state index contributed by atoms with van der Waals surface area (Å²) in [5.41, 5.74) is 15.9. The van der Waals surface area contributed by atoms with Crippen molar-refractivity contribution < 1.29 is 4.79 Å². The van der Waals surface area contributed by atoms with E-state index in [2.05, 4.69) is 132 Å². The molecule has 8 aliphatic rings. The van der Waals surface area contributed by atoms with E-state index in [-0.39, 0.29) is 5.92 Å². The Morgan fingerprint density at radius 1 is 0.557 bits per heavy atom. The van der Waals surface area contributed by atoms with E-state index in [9.17, 15) is 10.1 Å². The molecule has 0 aliphatic heterocycles. The van der Waals surface area contributed by atoms with E-state index >= 15 is 0 Å². The highest BCUT2D eigenvalue weighted by atomic mass is 16.1. The maximum atomic E-state index is 14.4. The minimum Gasteiger partial charge on any atom is -0.308 e. The Morgan fingerprint density at radius 3 is 1.90 bits per heavy atom. The third-order valence-corrected chi connectivity index (χ3v) is 17.4. The van der Waals surface area contributed by atoms with Gasteiger partial charge in [0.15, 0.2) is 5.78 Å². The molecule has 0 saturated heterocycles. The zero-order valence-corrected chi connectivity index (χ0v) is 34.2. The number of nitrogens with zero attached hydrogens (tertiary/aromatic N) is 2. The van der Waals surface area contributed by atoms with Crippen molar-refractivity contribution in [2.45, 2.75) is 81.0 Å². The van der Waals surface area contributed by atoms with Crippen LogP contribution in [0.1, 0.15) is 130 Å². The fraction of sp³-hybridized carbons (Fsp3) is 0.276. The van der Waals surface area contributed by atoms with Gasteiger partial charge in [0.2, 0.25) is 0 Å². The predicted octanol–water partition coefficient (Wildman–Crippen LogP) is 14.1. The molecule has 9 aromatic rings. The number of carbonyl (C=O) groups is 1. The van der Waals surface area contributed by atoms with Crippen LogP contribution in [0.4, 0.5) is 0 Å². The molecule has 0 N–H and O–H groups in total. The van der Waals surface area contributed by atoms with Gasteiger partial charge in [0, 0.05) is 38.6 Å². The highest BCUT2D eigenvalue weighted by Gasteiger charge is 2.50. The third-order valence-electron chi connectivity index (χ3n) is 17.4. The van der Waals surface area contributed by atoms with E-state index in [1.165, 1.54) is 97.8 Å². The van der Waals surface area contributed by atoms with Gasteiger partial charge in [-0.25, -0.2) is 0 Å². The van der Waals surface area contributed by atoms with Gasteiger partial charge in [-0.05, 0) is 173 Å². The molecule has 3 saturated carbocycles. The average molecular weight is 785 g/mol. The normalized spacial score (nSPS) is 25.3. The maximum Gasteiger partial charge on any atom is 0.166 e. The summed E-state index contributed by atoms with van der Waals surface area (Å²) in [6.45, 7) is 0. The Hall–Kier alpha value is -6.24. The van der Waals surface area contributed by atoms with Crippen LogP contribution in [0, 0.1) is 29.1 Å². The molecule has 2 atom stereocenters. The number of hydrogen-bond donors (Lipinski definition) is 0. The summed E-state index contributed by atoms with van der Waals surface area (Å²) in [5.74, 6) is 3.84. The molecule has 0 amide bonds. The topological polar surface area (TPSA) is 45.3 Å². The molecular formula is C58H44N2O. The molecule has 61 heavy (non-hydrogen) atoms. The molecule has 3 heteroatoms. The molecule has 3 fully saturated rings. The first-order chi connectivity index (χ1) is 30.1. The summed E-state index contributed by atoms with van der Waals surface area (Å²) in [4.78, 5) is 14.4. The lowest BCUT2D eigenvalue weighted by Gasteiger charge is -2.38. The second kappa shape index (κ2) is 11.6. The van der Waals surface area contributed by atoms with Gasteiger partial charge in [0.1, 0.15) is 0 Å². The molecular weight excluding hydrogens is 741 g/mol. The molecule has 6 bridgehead atoms. The maximum absolute atomic E-state index is 14.4. The van der Waals surface area contributed by atoms with Gasteiger partial charge in [0.25, 0.3) is 0 Å². The molecule has 8 aliphatic carbocycles. The van der Waals surface area contributed by atoms with Gasteiger partial charge in [0.05, 0.1) is 33.6 Å². The van der Waals surface area contributed by atoms with Crippen molar-refractivity contribution in [2.24, 2.45) is 17.8 Å². The van der Waals surface area contributed by atoms with Crippen LogP contribution in [0.25, 0.3) is 60.0 Å². The van der Waals surface area contributed by atoms with Crippen LogP contribution in [-0.4, -0.2) is 10.2 Å². The number of carbonyl (C=O) groups excluding carboxylic acids is 1. The second-order valence-corrected chi connectivity index (χ2v) is 20.1. The fourth-order valence-electron chi connectivity index (χ4n) is 15.2. The molecule has 0 spiro atoms. The number of ketones is 1. The quantitative estimate of drug-likeness (QED) is 0.175.